The molecule has 0 atom stereocenters. The standard InChI is InChI=1S/C10H20.2C8H16.C6H12.10C4H8/c1-2-4-6-8-10-9-7-5-3-1;2*1-2-4-6-8-7-5-3-1;1-2-4-6-5-3-1;10*1-2-4-3-1/h1-10H2;2*1-8H2;1-6H2;10*1-4H2. The van der Waals surface area contributed by atoms with Gasteiger partial charge in [0.2, 0.25) is 0 Å². The minimum Gasteiger partial charge on any atom is -0.0533 e. The van der Waals surface area contributed by atoms with Crippen molar-refractivity contribution in [1.82, 2.24) is 0 Å². The molecule has 0 heteroatoms. The number of rotatable bonds is 0. The maximum Gasteiger partial charge on any atom is -0.0533 e. The lowest BCUT2D eigenvalue weighted by molar-refractivity contribution is 0.504. The molecule has 0 N–H and O–H groups in total. The largest absolute Gasteiger partial charge is 0.0533 e. The molecule has 0 aromatic carbocycles. The lowest BCUT2D eigenvalue weighted by Crippen LogP contribution is -1.85. The molecule has 0 unspecified atom stereocenters. The van der Waals surface area contributed by atoms with Gasteiger partial charge in [-0.05, 0) is 0 Å². The van der Waals surface area contributed by atoms with Crippen LogP contribution in [0.1, 0.15) is 462 Å². The van der Waals surface area contributed by atoms with Gasteiger partial charge in [-0.3, -0.25) is 0 Å². The third kappa shape index (κ3) is 64.3. The number of hydrogen-bond donors (Lipinski definition) is 0. The van der Waals surface area contributed by atoms with Gasteiger partial charge in [0.05, 0.1) is 0 Å². The minimum atomic E-state index is 1.50. The van der Waals surface area contributed by atoms with E-state index in [1.807, 2.05) is 0 Å². The molecule has 14 fully saturated rings. The Hall–Kier alpha value is 0. The Morgan fingerprint density at radius 1 is 0.0278 bits per heavy atom. The topological polar surface area (TPSA) is 0 Å². The van der Waals surface area contributed by atoms with Gasteiger partial charge in [-0.1, -0.05) is 462 Å². The summed E-state index contributed by atoms with van der Waals surface area (Å²) < 4.78 is 0. The molecule has 0 spiro atoms. The Balaban J connectivity index is 0.000000393. The van der Waals surface area contributed by atoms with Crippen LogP contribution in [0.25, 0.3) is 0 Å². The second-order valence-electron chi connectivity index (χ2n) is 25.5. The molecule has 0 bridgehead atoms. The van der Waals surface area contributed by atoms with E-state index in [1.54, 1.807) is 0 Å². The van der Waals surface area contributed by atoms with Crippen molar-refractivity contribution in [2.24, 2.45) is 0 Å². The van der Waals surface area contributed by atoms with E-state index in [9.17, 15) is 0 Å². The zero-order valence-electron chi connectivity index (χ0n) is 50.9. The summed E-state index contributed by atoms with van der Waals surface area (Å²) in [6.45, 7) is 0. The molecule has 14 aliphatic carbocycles. The van der Waals surface area contributed by atoms with Crippen molar-refractivity contribution < 1.29 is 0 Å². The van der Waals surface area contributed by atoms with Crippen molar-refractivity contribution in [3.8, 4) is 0 Å². The summed E-state index contributed by atoms with van der Waals surface area (Å²) in [7, 11) is 0. The summed E-state index contributed by atoms with van der Waals surface area (Å²) in [6.07, 6.45) is 108. The van der Waals surface area contributed by atoms with Crippen LogP contribution in [0.2, 0.25) is 0 Å². The first-order valence-corrected chi connectivity index (χ1v) is 36.0. The lowest BCUT2D eigenvalue weighted by atomic mass is 10.0. The fourth-order valence-corrected chi connectivity index (χ4v) is 8.16. The Labute approximate surface area is 460 Å². The van der Waals surface area contributed by atoms with Crippen LogP contribution >= 0.6 is 0 Å². The van der Waals surface area contributed by atoms with Crippen molar-refractivity contribution in [3.05, 3.63) is 0 Å². The van der Waals surface area contributed by atoms with Gasteiger partial charge in [0.1, 0.15) is 0 Å². The van der Waals surface area contributed by atoms with Crippen molar-refractivity contribution in [3.63, 3.8) is 0 Å². The lowest BCUT2D eigenvalue weighted by Gasteiger charge is -2.05. The predicted molar refractivity (Wildman–Crippen MR) is 332 cm³/mol. The van der Waals surface area contributed by atoms with Gasteiger partial charge in [0, 0.05) is 0 Å². The zero-order valence-corrected chi connectivity index (χ0v) is 50.9. The fourth-order valence-electron chi connectivity index (χ4n) is 8.16. The summed E-state index contributed by atoms with van der Waals surface area (Å²) in [5.41, 5.74) is 0. The van der Waals surface area contributed by atoms with Gasteiger partial charge >= 0.3 is 0 Å². The Bertz CT molecular complexity index is 563. The van der Waals surface area contributed by atoms with Crippen molar-refractivity contribution >= 4 is 0 Å². The Morgan fingerprint density at radius 2 is 0.0417 bits per heavy atom. The average Bonchev–Trinajstić information content (AvgIpc) is 3.12. The maximum absolute atomic E-state index is 1.50. The van der Waals surface area contributed by atoms with Crippen LogP contribution in [0.4, 0.5) is 0 Å². The van der Waals surface area contributed by atoms with E-state index >= 15 is 0 Å². The predicted octanol–water partition coefficient (Wildman–Crippen LogP) is 28.1. The first kappa shape index (κ1) is 70.0. The molecule has 0 heterocycles. The first-order chi connectivity index (χ1) is 36.0. The number of hydrogen-bond acceptors (Lipinski definition) is 0. The molecule has 14 aliphatic rings. The van der Waals surface area contributed by atoms with Gasteiger partial charge in [0.25, 0.3) is 0 Å². The average molecular weight is 1010 g/mol. The van der Waals surface area contributed by atoms with E-state index in [0.717, 1.165) is 0 Å². The minimum absolute atomic E-state index is 1.50. The molecular weight excluding hydrogens is 865 g/mol. The van der Waals surface area contributed by atoms with E-state index in [0.29, 0.717) is 0 Å². The highest BCUT2D eigenvalue weighted by atomic mass is 14.1. The SMILES string of the molecule is C1CCC1.C1CCC1.C1CCC1.C1CCC1.C1CCC1.C1CCC1.C1CCC1.C1CCC1.C1CCC1.C1CCC1.C1CCCCC1.C1CCCCCCC1.C1CCCCCCC1.C1CCCCCCCCC1. The Morgan fingerprint density at radius 3 is 0.0556 bits per heavy atom. The highest BCUT2D eigenvalue weighted by Gasteiger charge is 2.02. The molecule has 0 amide bonds. The second-order valence-corrected chi connectivity index (χ2v) is 25.5. The normalized spacial score (nSPS) is 24.0. The molecule has 0 saturated heterocycles. The molecule has 432 valence electrons. The van der Waals surface area contributed by atoms with Crippen molar-refractivity contribution in [2.45, 2.75) is 462 Å². The quantitative estimate of drug-likeness (QED) is 0.227. The van der Waals surface area contributed by atoms with Crippen molar-refractivity contribution in [2.75, 3.05) is 0 Å². The van der Waals surface area contributed by atoms with Gasteiger partial charge in [0.15, 0.2) is 0 Å². The van der Waals surface area contributed by atoms with Gasteiger partial charge in [-0.2, -0.15) is 0 Å². The monoisotopic (exact) mass is 1010 g/mol. The molecule has 0 aliphatic heterocycles. The summed E-state index contributed by atoms with van der Waals surface area (Å²) in [5, 5.41) is 0. The molecule has 72 heavy (non-hydrogen) atoms. The van der Waals surface area contributed by atoms with Gasteiger partial charge in [-0.25, -0.2) is 0 Å². The zero-order chi connectivity index (χ0) is 50.9. The van der Waals surface area contributed by atoms with Crippen LogP contribution in [0.15, 0.2) is 0 Å². The van der Waals surface area contributed by atoms with E-state index in [-0.39, 0.29) is 0 Å². The van der Waals surface area contributed by atoms with Crippen LogP contribution in [-0.4, -0.2) is 0 Å². The first-order valence-electron chi connectivity index (χ1n) is 36.0. The highest BCUT2D eigenvalue weighted by Crippen LogP contribution is 2.21. The van der Waals surface area contributed by atoms with Gasteiger partial charge < -0.3 is 0 Å². The van der Waals surface area contributed by atoms with Crippen LogP contribution < -0.4 is 0 Å². The fraction of sp³-hybridized carbons (Fsp3) is 1.00. The smallest absolute Gasteiger partial charge is 0.0533 e. The summed E-state index contributed by atoms with van der Waals surface area (Å²) in [4.78, 5) is 0. The van der Waals surface area contributed by atoms with E-state index < -0.39 is 0 Å². The van der Waals surface area contributed by atoms with E-state index in [2.05, 4.69) is 0 Å². The van der Waals surface area contributed by atoms with Crippen LogP contribution in [0, 0.1) is 0 Å². The van der Waals surface area contributed by atoms with Crippen LogP contribution in [0.3, 0.4) is 0 Å². The molecule has 14 rings (SSSR count). The van der Waals surface area contributed by atoms with E-state index in [4.69, 9.17) is 0 Å². The third-order valence-electron chi connectivity index (χ3n) is 18.0. The molecule has 14 saturated carbocycles. The summed E-state index contributed by atoms with van der Waals surface area (Å²) >= 11 is 0. The second kappa shape index (κ2) is 67.1. The Kier molecular flexibility index (Phi) is 65.3. The van der Waals surface area contributed by atoms with E-state index in [1.165, 1.54) is 462 Å². The van der Waals surface area contributed by atoms with Crippen LogP contribution in [0.5, 0.6) is 0 Å². The molecule has 0 aromatic rings. The van der Waals surface area contributed by atoms with Crippen LogP contribution in [-0.2, 0) is 0 Å². The van der Waals surface area contributed by atoms with Crippen molar-refractivity contribution in [1.29, 1.82) is 0 Å². The molecule has 0 nitrogen and oxygen atoms in total. The molecule has 0 aromatic heterocycles. The molecular formula is C72H144. The summed E-state index contributed by atoms with van der Waals surface area (Å²) in [6, 6.07) is 0. The third-order valence-corrected chi connectivity index (χ3v) is 18.0. The molecule has 0 radical (unpaired) electrons. The van der Waals surface area contributed by atoms with Gasteiger partial charge in [-0.15, -0.1) is 0 Å². The maximum atomic E-state index is 1.50. The summed E-state index contributed by atoms with van der Waals surface area (Å²) in [5.74, 6) is 0. The highest BCUT2D eigenvalue weighted by molar-refractivity contribution is 4.57.